The molecule has 96 valence electrons. The minimum Gasteiger partial charge on any atom is -0.397 e. The summed E-state index contributed by atoms with van der Waals surface area (Å²) in [5.41, 5.74) is 8.82. The maximum Gasteiger partial charge on any atom is 0.0951 e. The number of unbranched alkanes of at least 4 members (excludes halogenated alkanes) is 2. The molecule has 0 unspecified atom stereocenters. The number of benzene rings is 1. The molecule has 18 heavy (non-hydrogen) atoms. The van der Waals surface area contributed by atoms with Crippen LogP contribution >= 0.6 is 0 Å². The third-order valence-electron chi connectivity index (χ3n) is 3.29. The quantitative estimate of drug-likeness (QED) is 0.646. The average Bonchev–Trinajstić information content (AvgIpc) is 2.39. The van der Waals surface area contributed by atoms with Crippen LogP contribution in [0.4, 0.5) is 11.4 Å². The smallest absolute Gasteiger partial charge is 0.0951 e. The molecule has 1 aromatic carbocycles. The standard InChI is InChI=1S/C15H21N3/c1-3-4-5-11-18(2)14-9-8-13(16)15-12(14)7-6-10-17-15/h6-10H,3-5,11,16H2,1-2H3. The number of nitrogens with zero attached hydrogens (tertiary/aromatic N) is 2. The van der Waals surface area contributed by atoms with Gasteiger partial charge in [-0.25, -0.2) is 0 Å². The molecule has 0 aliphatic carbocycles. The highest BCUT2D eigenvalue weighted by atomic mass is 15.1. The van der Waals surface area contributed by atoms with Crippen molar-refractivity contribution in [3.05, 3.63) is 30.5 Å². The highest BCUT2D eigenvalue weighted by molar-refractivity contribution is 5.98. The number of rotatable bonds is 5. The van der Waals surface area contributed by atoms with Crippen LogP contribution in [0.1, 0.15) is 26.2 Å². The van der Waals surface area contributed by atoms with E-state index in [1.807, 2.05) is 12.1 Å². The number of pyridine rings is 1. The lowest BCUT2D eigenvalue weighted by atomic mass is 10.1. The van der Waals surface area contributed by atoms with Crippen molar-refractivity contribution >= 4 is 22.3 Å². The lowest BCUT2D eigenvalue weighted by Crippen LogP contribution is -2.18. The first-order valence-corrected chi connectivity index (χ1v) is 6.58. The van der Waals surface area contributed by atoms with E-state index in [0.717, 1.165) is 23.1 Å². The summed E-state index contributed by atoms with van der Waals surface area (Å²) < 4.78 is 0. The van der Waals surface area contributed by atoms with Crippen molar-refractivity contribution in [1.29, 1.82) is 0 Å². The Balaban J connectivity index is 2.30. The third kappa shape index (κ3) is 2.55. The number of nitrogens with two attached hydrogens (primary N) is 1. The summed E-state index contributed by atoms with van der Waals surface area (Å²) in [4.78, 5) is 6.66. The molecule has 1 heterocycles. The van der Waals surface area contributed by atoms with E-state index < -0.39 is 0 Å². The number of anilines is 2. The first-order valence-electron chi connectivity index (χ1n) is 6.58. The highest BCUT2D eigenvalue weighted by Crippen LogP contribution is 2.28. The second kappa shape index (κ2) is 5.71. The third-order valence-corrected chi connectivity index (χ3v) is 3.29. The van der Waals surface area contributed by atoms with E-state index in [0.29, 0.717) is 0 Å². The number of nitrogen functional groups attached to an aromatic ring is 1. The molecule has 2 rings (SSSR count). The van der Waals surface area contributed by atoms with E-state index in [9.17, 15) is 0 Å². The zero-order valence-corrected chi connectivity index (χ0v) is 11.2. The number of aromatic nitrogens is 1. The van der Waals surface area contributed by atoms with Crippen LogP contribution in [0, 0.1) is 0 Å². The van der Waals surface area contributed by atoms with Crippen molar-refractivity contribution < 1.29 is 0 Å². The van der Waals surface area contributed by atoms with Crippen molar-refractivity contribution in [1.82, 2.24) is 4.98 Å². The molecule has 0 radical (unpaired) electrons. The Morgan fingerprint density at radius 2 is 2.06 bits per heavy atom. The summed E-state index contributed by atoms with van der Waals surface area (Å²) in [5.74, 6) is 0. The molecule has 0 aliphatic heterocycles. The fraction of sp³-hybridized carbons (Fsp3) is 0.400. The van der Waals surface area contributed by atoms with Gasteiger partial charge < -0.3 is 10.6 Å². The molecule has 2 N–H and O–H groups in total. The lowest BCUT2D eigenvalue weighted by Gasteiger charge is -2.21. The molecule has 0 saturated carbocycles. The van der Waals surface area contributed by atoms with Crippen LogP contribution in [0.5, 0.6) is 0 Å². The summed E-state index contributed by atoms with van der Waals surface area (Å²) in [6.45, 7) is 3.30. The Labute approximate surface area is 109 Å². The Morgan fingerprint density at radius 3 is 2.83 bits per heavy atom. The van der Waals surface area contributed by atoms with Gasteiger partial charge in [-0.2, -0.15) is 0 Å². The second-order valence-corrected chi connectivity index (χ2v) is 4.70. The number of hydrogen-bond donors (Lipinski definition) is 1. The van der Waals surface area contributed by atoms with E-state index in [1.165, 1.54) is 24.9 Å². The van der Waals surface area contributed by atoms with Crippen LogP contribution in [0.3, 0.4) is 0 Å². The molecule has 0 atom stereocenters. The van der Waals surface area contributed by atoms with Crippen LogP contribution < -0.4 is 10.6 Å². The van der Waals surface area contributed by atoms with Gasteiger partial charge in [-0.3, -0.25) is 4.98 Å². The van der Waals surface area contributed by atoms with Gasteiger partial charge in [-0.05, 0) is 30.7 Å². The zero-order chi connectivity index (χ0) is 13.0. The summed E-state index contributed by atoms with van der Waals surface area (Å²) in [5, 5.41) is 1.14. The van der Waals surface area contributed by atoms with E-state index in [1.54, 1.807) is 6.20 Å². The van der Waals surface area contributed by atoms with Gasteiger partial charge in [0.1, 0.15) is 0 Å². The van der Waals surface area contributed by atoms with Crippen LogP contribution in [0.15, 0.2) is 30.5 Å². The summed E-state index contributed by atoms with van der Waals surface area (Å²) >= 11 is 0. The van der Waals surface area contributed by atoms with Gasteiger partial charge >= 0.3 is 0 Å². The summed E-state index contributed by atoms with van der Waals surface area (Å²) in [7, 11) is 2.13. The number of hydrogen-bond acceptors (Lipinski definition) is 3. The Bertz CT molecular complexity index is 522. The predicted octanol–water partition coefficient (Wildman–Crippen LogP) is 3.44. The SMILES string of the molecule is CCCCCN(C)c1ccc(N)c2ncccc12. The van der Waals surface area contributed by atoms with Crippen molar-refractivity contribution in [3.63, 3.8) is 0 Å². The monoisotopic (exact) mass is 243 g/mol. The Morgan fingerprint density at radius 1 is 1.22 bits per heavy atom. The molecule has 0 amide bonds. The van der Waals surface area contributed by atoms with Crippen LogP contribution in [0.25, 0.3) is 10.9 Å². The zero-order valence-electron chi connectivity index (χ0n) is 11.2. The molecule has 0 bridgehead atoms. The van der Waals surface area contributed by atoms with E-state index in [4.69, 9.17) is 5.73 Å². The average molecular weight is 243 g/mol. The molecule has 2 aromatic rings. The van der Waals surface area contributed by atoms with E-state index in [2.05, 4.69) is 36.0 Å². The highest BCUT2D eigenvalue weighted by Gasteiger charge is 2.08. The van der Waals surface area contributed by atoms with Crippen molar-refractivity contribution in [2.45, 2.75) is 26.2 Å². The van der Waals surface area contributed by atoms with E-state index >= 15 is 0 Å². The van der Waals surface area contributed by atoms with Gasteiger partial charge in [0.2, 0.25) is 0 Å². The summed E-state index contributed by atoms with van der Waals surface area (Å²) in [6, 6.07) is 8.09. The molecule has 0 saturated heterocycles. The van der Waals surface area contributed by atoms with E-state index in [-0.39, 0.29) is 0 Å². The fourth-order valence-corrected chi connectivity index (χ4v) is 2.23. The molecule has 0 fully saturated rings. The topological polar surface area (TPSA) is 42.1 Å². The normalized spacial score (nSPS) is 10.8. The van der Waals surface area contributed by atoms with Gasteiger partial charge in [0, 0.05) is 30.9 Å². The minimum atomic E-state index is 0.747. The van der Waals surface area contributed by atoms with Gasteiger partial charge in [0.15, 0.2) is 0 Å². The molecule has 3 nitrogen and oxygen atoms in total. The Kier molecular flexibility index (Phi) is 4.03. The van der Waals surface area contributed by atoms with Gasteiger partial charge in [0.05, 0.1) is 11.2 Å². The Hall–Kier alpha value is -1.77. The molecular weight excluding hydrogens is 222 g/mol. The van der Waals surface area contributed by atoms with Gasteiger partial charge in [-0.15, -0.1) is 0 Å². The molecule has 0 spiro atoms. The minimum absolute atomic E-state index is 0.747. The largest absolute Gasteiger partial charge is 0.397 e. The molecular formula is C15H21N3. The first kappa shape index (κ1) is 12.7. The van der Waals surface area contributed by atoms with Crippen molar-refractivity contribution in [2.24, 2.45) is 0 Å². The van der Waals surface area contributed by atoms with Gasteiger partial charge in [0.25, 0.3) is 0 Å². The first-order chi connectivity index (χ1) is 8.74. The molecule has 0 aliphatic rings. The lowest BCUT2D eigenvalue weighted by molar-refractivity contribution is 0.706. The number of fused-ring (bicyclic) bond motifs is 1. The maximum absolute atomic E-state index is 5.97. The maximum atomic E-state index is 5.97. The second-order valence-electron chi connectivity index (χ2n) is 4.70. The van der Waals surface area contributed by atoms with Crippen LogP contribution in [-0.2, 0) is 0 Å². The predicted molar refractivity (Wildman–Crippen MR) is 79.0 cm³/mol. The molecule has 3 heteroatoms. The van der Waals surface area contributed by atoms with Crippen molar-refractivity contribution in [3.8, 4) is 0 Å². The van der Waals surface area contributed by atoms with Gasteiger partial charge in [-0.1, -0.05) is 19.8 Å². The van der Waals surface area contributed by atoms with Crippen LogP contribution in [0.2, 0.25) is 0 Å². The van der Waals surface area contributed by atoms with Crippen molar-refractivity contribution in [2.75, 3.05) is 24.2 Å². The molecule has 1 aromatic heterocycles. The van der Waals surface area contributed by atoms with Crippen LogP contribution in [-0.4, -0.2) is 18.6 Å². The fourth-order valence-electron chi connectivity index (χ4n) is 2.23. The summed E-state index contributed by atoms with van der Waals surface area (Å²) in [6.07, 6.45) is 5.53.